The Bertz CT molecular complexity index is 634. The second-order valence-electron chi connectivity index (χ2n) is 6.19. The molecule has 0 aliphatic heterocycles. The molecule has 0 bridgehead atoms. The van der Waals surface area contributed by atoms with Crippen LogP contribution in [-0.2, 0) is 15.4 Å². The third kappa shape index (κ3) is 4.28. The standard InChI is InChI=1S/C16H25N3O2S2/c1-17-15(22)16(14-7-5-10-18-12-14)9-4-3-6-13(16)8-11-19-23(2,20)21/h5,7,10,12-13,19H,3-4,6,8-9,11H2,1-2H3,(H,17,22)/t13-,16+/m0/s1. The lowest BCUT2D eigenvalue weighted by Gasteiger charge is -2.45. The van der Waals surface area contributed by atoms with E-state index in [-0.39, 0.29) is 5.41 Å². The average molecular weight is 356 g/mol. The van der Waals surface area contributed by atoms with Gasteiger partial charge in [0.1, 0.15) is 0 Å². The topological polar surface area (TPSA) is 71.1 Å². The van der Waals surface area contributed by atoms with Gasteiger partial charge in [-0.25, -0.2) is 13.1 Å². The molecular weight excluding hydrogens is 330 g/mol. The molecule has 0 radical (unpaired) electrons. The summed E-state index contributed by atoms with van der Waals surface area (Å²) in [7, 11) is -1.30. The highest BCUT2D eigenvalue weighted by Crippen LogP contribution is 2.45. The van der Waals surface area contributed by atoms with Crippen molar-refractivity contribution in [2.24, 2.45) is 5.92 Å². The molecule has 1 heterocycles. The van der Waals surface area contributed by atoms with E-state index in [2.05, 4.69) is 21.1 Å². The fourth-order valence-corrected chi connectivity index (χ4v) is 4.59. The molecule has 7 heteroatoms. The summed E-state index contributed by atoms with van der Waals surface area (Å²) in [5, 5.41) is 3.18. The van der Waals surface area contributed by atoms with E-state index in [1.54, 1.807) is 6.20 Å². The van der Waals surface area contributed by atoms with Crippen molar-refractivity contribution in [3.05, 3.63) is 30.1 Å². The minimum absolute atomic E-state index is 0.254. The highest BCUT2D eigenvalue weighted by molar-refractivity contribution is 7.88. The molecule has 2 atom stereocenters. The summed E-state index contributed by atoms with van der Waals surface area (Å²) in [5.41, 5.74) is 0.874. The van der Waals surface area contributed by atoms with E-state index >= 15 is 0 Å². The number of likely N-dealkylation sites (N-methyl/N-ethyl adjacent to an activating group) is 1. The molecule has 0 saturated heterocycles. The summed E-state index contributed by atoms with van der Waals surface area (Å²) < 4.78 is 25.3. The van der Waals surface area contributed by atoms with Gasteiger partial charge < -0.3 is 5.32 Å². The van der Waals surface area contributed by atoms with Gasteiger partial charge in [-0.05, 0) is 36.8 Å². The molecular formula is C16H25N3O2S2. The number of aromatic nitrogens is 1. The molecule has 1 aliphatic carbocycles. The maximum absolute atomic E-state index is 11.3. The second-order valence-corrected chi connectivity index (χ2v) is 8.43. The molecule has 2 rings (SSSR count). The highest BCUT2D eigenvalue weighted by Gasteiger charge is 2.45. The first-order chi connectivity index (χ1) is 10.9. The van der Waals surface area contributed by atoms with Crippen LogP contribution in [0.1, 0.15) is 37.7 Å². The van der Waals surface area contributed by atoms with Gasteiger partial charge in [-0.15, -0.1) is 0 Å². The van der Waals surface area contributed by atoms with Crippen molar-refractivity contribution in [2.45, 2.75) is 37.5 Å². The van der Waals surface area contributed by atoms with Gasteiger partial charge >= 0.3 is 0 Å². The first-order valence-electron chi connectivity index (χ1n) is 7.97. The SMILES string of the molecule is CNC(=S)[C@]1(c2cccnc2)CCCC[C@H]1CCNS(C)(=O)=O. The Balaban J connectivity index is 2.30. The van der Waals surface area contributed by atoms with Crippen LogP contribution in [0.15, 0.2) is 24.5 Å². The maximum atomic E-state index is 11.3. The van der Waals surface area contributed by atoms with Gasteiger partial charge in [0.2, 0.25) is 10.0 Å². The first kappa shape index (κ1) is 18.3. The van der Waals surface area contributed by atoms with Crippen molar-refractivity contribution >= 4 is 27.2 Å². The number of nitrogens with zero attached hydrogens (tertiary/aromatic N) is 1. The molecule has 0 unspecified atom stereocenters. The lowest BCUT2D eigenvalue weighted by molar-refractivity contribution is 0.239. The Morgan fingerprint density at radius 1 is 1.48 bits per heavy atom. The van der Waals surface area contributed by atoms with Crippen LogP contribution in [0, 0.1) is 5.92 Å². The van der Waals surface area contributed by atoms with E-state index in [1.165, 1.54) is 6.26 Å². The molecule has 1 aliphatic rings. The molecule has 0 amide bonds. The van der Waals surface area contributed by atoms with Crippen molar-refractivity contribution in [2.75, 3.05) is 19.8 Å². The van der Waals surface area contributed by atoms with Crippen molar-refractivity contribution in [3.8, 4) is 0 Å². The smallest absolute Gasteiger partial charge is 0.208 e. The number of hydrogen-bond donors (Lipinski definition) is 2. The summed E-state index contributed by atoms with van der Waals surface area (Å²) in [6, 6.07) is 4.02. The van der Waals surface area contributed by atoms with Gasteiger partial charge in [0, 0.05) is 31.4 Å². The van der Waals surface area contributed by atoms with E-state index in [1.807, 2.05) is 19.3 Å². The molecule has 23 heavy (non-hydrogen) atoms. The molecule has 1 saturated carbocycles. The van der Waals surface area contributed by atoms with E-state index in [0.29, 0.717) is 12.5 Å². The van der Waals surface area contributed by atoms with Crippen LogP contribution in [0.5, 0.6) is 0 Å². The Labute approximate surface area is 144 Å². The molecule has 0 spiro atoms. The van der Waals surface area contributed by atoms with Crippen LogP contribution in [0.25, 0.3) is 0 Å². The van der Waals surface area contributed by atoms with E-state index < -0.39 is 10.0 Å². The van der Waals surface area contributed by atoms with Crippen LogP contribution in [0.3, 0.4) is 0 Å². The summed E-state index contributed by atoms with van der Waals surface area (Å²) in [4.78, 5) is 5.10. The molecule has 1 fully saturated rings. The number of pyridine rings is 1. The number of hydrogen-bond acceptors (Lipinski definition) is 4. The van der Waals surface area contributed by atoms with Crippen LogP contribution in [0.2, 0.25) is 0 Å². The summed E-state index contributed by atoms with van der Waals surface area (Å²) in [6.45, 7) is 0.442. The summed E-state index contributed by atoms with van der Waals surface area (Å²) in [5.74, 6) is 0.301. The minimum atomic E-state index is -3.16. The zero-order chi connectivity index (χ0) is 16.9. The lowest BCUT2D eigenvalue weighted by atomic mass is 9.61. The largest absolute Gasteiger partial charge is 0.382 e. The third-order valence-corrected chi connectivity index (χ3v) is 6.03. The normalized spacial score (nSPS) is 25.0. The van der Waals surface area contributed by atoms with Gasteiger partial charge in [0.25, 0.3) is 0 Å². The van der Waals surface area contributed by atoms with E-state index in [0.717, 1.165) is 42.7 Å². The average Bonchev–Trinajstić information content (AvgIpc) is 2.54. The zero-order valence-corrected chi connectivity index (χ0v) is 15.3. The fraction of sp³-hybridized carbons (Fsp3) is 0.625. The summed E-state index contributed by atoms with van der Waals surface area (Å²) in [6.07, 6.45) is 9.91. The first-order valence-corrected chi connectivity index (χ1v) is 10.3. The fourth-order valence-electron chi connectivity index (χ4n) is 3.71. The Morgan fingerprint density at radius 2 is 2.26 bits per heavy atom. The molecule has 2 N–H and O–H groups in total. The molecule has 0 aromatic carbocycles. The second kappa shape index (κ2) is 7.68. The van der Waals surface area contributed by atoms with Crippen molar-refractivity contribution < 1.29 is 8.42 Å². The number of nitrogens with one attached hydrogen (secondary N) is 2. The predicted octanol–water partition coefficient (Wildman–Crippen LogP) is 2.00. The minimum Gasteiger partial charge on any atom is -0.382 e. The van der Waals surface area contributed by atoms with Gasteiger partial charge in [0.15, 0.2) is 0 Å². The van der Waals surface area contributed by atoms with Crippen LogP contribution >= 0.6 is 12.2 Å². The summed E-state index contributed by atoms with van der Waals surface area (Å²) >= 11 is 5.69. The van der Waals surface area contributed by atoms with Gasteiger partial charge in [-0.1, -0.05) is 31.1 Å². The Kier molecular flexibility index (Phi) is 6.11. The van der Waals surface area contributed by atoms with Crippen molar-refractivity contribution in [3.63, 3.8) is 0 Å². The zero-order valence-electron chi connectivity index (χ0n) is 13.7. The van der Waals surface area contributed by atoms with Gasteiger partial charge in [-0.2, -0.15) is 0 Å². The maximum Gasteiger partial charge on any atom is 0.208 e. The van der Waals surface area contributed by atoms with E-state index in [4.69, 9.17) is 12.2 Å². The predicted molar refractivity (Wildman–Crippen MR) is 97.0 cm³/mol. The Morgan fingerprint density at radius 3 is 2.87 bits per heavy atom. The quantitative estimate of drug-likeness (QED) is 0.764. The van der Waals surface area contributed by atoms with Crippen LogP contribution < -0.4 is 10.0 Å². The molecule has 1 aromatic rings. The molecule has 5 nitrogen and oxygen atoms in total. The highest BCUT2D eigenvalue weighted by atomic mass is 32.2. The number of rotatable bonds is 6. The van der Waals surface area contributed by atoms with Crippen LogP contribution in [-0.4, -0.2) is 38.2 Å². The van der Waals surface area contributed by atoms with Gasteiger partial charge in [0.05, 0.1) is 11.2 Å². The monoisotopic (exact) mass is 355 g/mol. The lowest BCUT2D eigenvalue weighted by Crippen LogP contribution is -2.50. The van der Waals surface area contributed by atoms with Crippen molar-refractivity contribution in [1.82, 2.24) is 15.0 Å². The molecule has 1 aromatic heterocycles. The third-order valence-electron chi connectivity index (χ3n) is 4.74. The van der Waals surface area contributed by atoms with E-state index in [9.17, 15) is 8.42 Å². The number of thiocarbonyl (C=S) groups is 1. The molecule has 128 valence electrons. The van der Waals surface area contributed by atoms with Gasteiger partial charge in [-0.3, -0.25) is 4.98 Å². The van der Waals surface area contributed by atoms with Crippen LogP contribution in [0.4, 0.5) is 0 Å². The van der Waals surface area contributed by atoms with Crippen molar-refractivity contribution in [1.29, 1.82) is 0 Å². The number of sulfonamides is 1. The Hall–Kier alpha value is -1.05.